The minimum Gasteiger partial charge on any atom is -0.461 e. The number of carbonyl (C=O) groups excluding carboxylic acids is 3. The van der Waals surface area contributed by atoms with Gasteiger partial charge in [0.05, 0.1) is 13.7 Å². The summed E-state index contributed by atoms with van der Waals surface area (Å²) in [5.74, 6) is -1.60. The van der Waals surface area contributed by atoms with Crippen molar-refractivity contribution < 1.29 is 23.9 Å². The van der Waals surface area contributed by atoms with Crippen molar-refractivity contribution in [3.05, 3.63) is 11.8 Å². The summed E-state index contributed by atoms with van der Waals surface area (Å²) >= 11 is 5.34. The predicted octanol–water partition coefficient (Wildman–Crippen LogP) is 0.852. The molecule has 1 rings (SSSR count). The number of rotatable bonds is 4. The average molecular weight is 290 g/mol. The van der Waals surface area contributed by atoms with Gasteiger partial charge in [0.25, 0.3) is 0 Å². The Morgan fingerprint density at radius 2 is 2.16 bits per heavy atom. The van der Waals surface area contributed by atoms with Gasteiger partial charge in [-0.25, -0.2) is 9.59 Å². The van der Waals surface area contributed by atoms with Gasteiger partial charge in [0, 0.05) is 6.07 Å². The first kappa shape index (κ1) is 15.0. The molecule has 1 N–H and O–H groups in total. The lowest BCUT2D eigenvalue weighted by atomic mass is 10.4. The Bertz CT molecular complexity index is 499. The predicted molar refractivity (Wildman–Crippen MR) is 65.3 cm³/mol. The van der Waals surface area contributed by atoms with Gasteiger partial charge in [0.2, 0.25) is 5.91 Å². The van der Waals surface area contributed by atoms with Gasteiger partial charge in [-0.1, -0.05) is 0 Å². The van der Waals surface area contributed by atoms with E-state index in [-0.39, 0.29) is 24.0 Å². The molecule has 0 saturated heterocycles. The number of esters is 1. The third-order valence-corrected chi connectivity index (χ3v) is 2.17. The molecule has 0 aromatic carbocycles. The van der Waals surface area contributed by atoms with Crippen molar-refractivity contribution in [1.29, 1.82) is 0 Å². The van der Waals surface area contributed by atoms with E-state index in [0.29, 0.717) is 0 Å². The number of hydrogen-bond acceptors (Lipinski definition) is 6. The van der Waals surface area contributed by atoms with Gasteiger partial charge in [-0.3, -0.25) is 4.79 Å². The molecule has 0 aliphatic rings. The lowest BCUT2D eigenvalue weighted by Crippen LogP contribution is -2.21. The number of anilines is 1. The van der Waals surface area contributed by atoms with Crippen molar-refractivity contribution >= 4 is 35.4 Å². The van der Waals surface area contributed by atoms with Gasteiger partial charge < -0.3 is 14.8 Å². The second-order valence-corrected chi connectivity index (χ2v) is 3.47. The monoisotopic (exact) mass is 289 g/mol. The van der Waals surface area contributed by atoms with E-state index in [4.69, 9.17) is 16.3 Å². The number of nitrogens with one attached hydrogen (secondary N) is 1. The van der Waals surface area contributed by atoms with Crippen LogP contribution in [0.4, 0.5) is 10.6 Å². The van der Waals surface area contributed by atoms with E-state index < -0.39 is 18.0 Å². The largest absolute Gasteiger partial charge is 0.461 e. The van der Waals surface area contributed by atoms with Crippen LogP contribution in [0.15, 0.2) is 6.07 Å². The fourth-order valence-corrected chi connectivity index (χ4v) is 1.24. The van der Waals surface area contributed by atoms with Crippen LogP contribution in [0.3, 0.4) is 0 Å². The second-order valence-electron chi connectivity index (χ2n) is 3.20. The molecule has 1 heterocycles. The minimum absolute atomic E-state index is 0.0273. The molecule has 8 nitrogen and oxygen atoms in total. The van der Waals surface area contributed by atoms with E-state index in [0.717, 1.165) is 11.8 Å². The van der Waals surface area contributed by atoms with Gasteiger partial charge in [-0.05, 0) is 6.92 Å². The SMILES string of the molecule is CCOC(=O)c1cc(NC(=O)CCl)n(C(=O)OC)n1. The maximum Gasteiger partial charge on any atom is 0.436 e. The number of aromatic nitrogens is 2. The molecule has 0 spiro atoms. The van der Waals surface area contributed by atoms with E-state index in [9.17, 15) is 14.4 Å². The maximum absolute atomic E-state index is 11.5. The Balaban J connectivity index is 3.08. The number of ether oxygens (including phenoxy) is 2. The third-order valence-electron chi connectivity index (χ3n) is 1.93. The van der Waals surface area contributed by atoms with Gasteiger partial charge >= 0.3 is 12.1 Å². The summed E-state index contributed by atoms with van der Waals surface area (Å²) in [6.45, 7) is 1.79. The van der Waals surface area contributed by atoms with E-state index in [1.807, 2.05) is 0 Å². The summed E-state index contributed by atoms with van der Waals surface area (Å²) in [4.78, 5) is 34.1. The summed E-state index contributed by atoms with van der Waals surface area (Å²) in [7, 11) is 1.14. The zero-order chi connectivity index (χ0) is 14.4. The molecule has 1 amide bonds. The zero-order valence-corrected chi connectivity index (χ0v) is 11.1. The van der Waals surface area contributed by atoms with Crippen LogP contribution in [0.5, 0.6) is 0 Å². The van der Waals surface area contributed by atoms with Gasteiger partial charge in [-0.2, -0.15) is 5.10 Å². The summed E-state index contributed by atoms with van der Waals surface area (Å²) in [5.41, 5.74) is -0.128. The highest BCUT2D eigenvalue weighted by Crippen LogP contribution is 2.12. The number of hydrogen-bond donors (Lipinski definition) is 1. The van der Waals surface area contributed by atoms with Crippen LogP contribution in [-0.4, -0.2) is 47.3 Å². The zero-order valence-electron chi connectivity index (χ0n) is 10.3. The first-order chi connectivity index (χ1) is 9.03. The quantitative estimate of drug-likeness (QED) is 0.651. The molecule has 1 aromatic heterocycles. The molecule has 0 aliphatic heterocycles. The maximum atomic E-state index is 11.5. The molecular formula is C10H12ClN3O5. The molecule has 0 unspecified atom stereocenters. The Labute approximate surface area is 113 Å². The molecule has 0 saturated carbocycles. The molecule has 19 heavy (non-hydrogen) atoms. The first-order valence-electron chi connectivity index (χ1n) is 5.24. The van der Waals surface area contributed by atoms with E-state index in [1.54, 1.807) is 6.92 Å². The summed E-state index contributed by atoms with van der Waals surface area (Å²) in [6, 6.07) is 1.19. The Kier molecular flexibility index (Phi) is 5.31. The van der Waals surface area contributed by atoms with Crippen molar-refractivity contribution in [2.75, 3.05) is 24.9 Å². The fraction of sp³-hybridized carbons (Fsp3) is 0.400. The Hall–Kier alpha value is -2.09. The van der Waals surface area contributed by atoms with E-state index in [1.165, 1.54) is 6.07 Å². The second kappa shape index (κ2) is 6.74. The van der Waals surface area contributed by atoms with Crippen LogP contribution in [0.2, 0.25) is 0 Å². The number of nitrogens with zero attached hydrogens (tertiary/aromatic N) is 2. The smallest absolute Gasteiger partial charge is 0.436 e. The van der Waals surface area contributed by atoms with Gasteiger partial charge in [0.1, 0.15) is 11.7 Å². The number of alkyl halides is 1. The van der Waals surface area contributed by atoms with Crippen molar-refractivity contribution in [1.82, 2.24) is 9.78 Å². The molecule has 104 valence electrons. The van der Waals surface area contributed by atoms with Gasteiger partial charge in [-0.15, -0.1) is 16.3 Å². The number of methoxy groups -OCH3 is 1. The lowest BCUT2D eigenvalue weighted by Gasteiger charge is -2.04. The standard InChI is InChI=1S/C10H12ClN3O5/c1-3-19-9(16)6-4-7(12-8(15)5-11)14(13-6)10(17)18-2/h4H,3,5H2,1-2H3,(H,12,15). The van der Waals surface area contributed by atoms with Crippen LogP contribution in [0.1, 0.15) is 17.4 Å². The van der Waals surface area contributed by atoms with Crippen molar-refractivity contribution in [3.8, 4) is 0 Å². The molecule has 1 aromatic rings. The number of halogens is 1. The number of amides is 1. The van der Waals surface area contributed by atoms with Crippen LogP contribution in [0, 0.1) is 0 Å². The summed E-state index contributed by atoms with van der Waals surface area (Å²) in [6.07, 6.45) is -0.861. The molecule has 0 atom stereocenters. The van der Waals surface area contributed by atoms with E-state index in [2.05, 4.69) is 15.2 Å². The normalized spacial score (nSPS) is 9.84. The van der Waals surface area contributed by atoms with Crippen LogP contribution in [0.25, 0.3) is 0 Å². The highest BCUT2D eigenvalue weighted by Gasteiger charge is 2.20. The molecule has 0 aliphatic carbocycles. The minimum atomic E-state index is -0.861. The molecule has 0 radical (unpaired) electrons. The summed E-state index contributed by atoms with van der Waals surface area (Å²) < 4.78 is 9.94. The number of carbonyl (C=O) groups is 3. The Morgan fingerprint density at radius 3 is 2.68 bits per heavy atom. The first-order valence-corrected chi connectivity index (χ1v) is 5.78. The molecule has 0 bridgehead atoms. The third kappa shape index (κ3) is 3.68. The van der Waals surface area contributed by atoms with Crippen LogP contribution < -0.4 is 5.32 Å². The average Bonchev–Trinajstić information content (AvgIpc) is 2.82. The molecule has 9 heteroatoms. The topological polar surface area (TPSA) is 99.5 Å². The van der Waals surface area contributed by atoms with Crippen molar-refractivity contribution in [3.63, 3.8) is 0 Å². The van der Waals surface area contributed by atoms with Crippen molar-refractivity contribution in [2.24, 2.45) is 0 Å². The highest BCUT2D eigenvalue weighted by molar-refractivity contribution is 6.29. The Morgan fingerprint density at radius 1 is 1.47 bits per heavy atom. The van der Waals surface area contributed by atoms with Crippen LogP contribution in [-0.2, 0) is 14.3 Å². The van der Waals surface area contributed by atoms with Gasteiger partial charge in [0.15, 0.2) is 5.69 Å². The van der Waals surface area contributed by atoms with E-state index >= 15 is 0 Å². The highest BCUT2D eigenvalue weighted by atomic mass is 35.5. The summed E-state index contributed by atoms with van der Waals surface area (Å²) in [5, 5.41) is 6.01. The molecular weight excluding hydrogens is 278 g/mol. The lowest BCUT2D eigenvalue weighted by molar-refractivity contribution is -0.114. The van der Waals surface area contributed by atoms with Crippen molar-refractivity contribution in [2.45, 2.75) is 6.92 Å². The fourth-order valence-electron chi connectivity index (χ4n) is 1.18. The van der Waals surface area contributed by atoms with Crippen LogP contribution >= 0.6 is 11.6 Å². The molecule has 0 fully saturated rings.